The zero-order valence-corrected chi connectivity index (χ0v) is 15.6. The van der Waals surface area contributed by atoms with Crippen LogP contribution < -0.4 is 11.2 Å². The van der Waals surface area contributed by atoms with Crippen LogP contribution in [0, 0.1) is 34.5 Å². The second kappa shape index (κ2) is 5.97. The highest BCUT2D eigenvalue weighted by Crippen LogP contribution is 2.65. The number of nitrogens with two attached hydrogens (primary N) is 1. The van der Waals surface area contributed by atoms with Crippen LogP contribution in [0.5, 0.6) is 0 Å². The van der Waals surface area contributed by atoms with Crippen molar-refractivity contribution in [3.8, 4) is 0 Å². The smallest absolute Gasteiger partial charge is 0.332 e. The van der Waals surface area contributed by atoms with Crippen molar-refractivity contribution in [1.82, 2.24) is 5.43 Å². The van der Waals surface area contributed by atoms with E-state index in [9.17, 15) is 9.90 Å². The molecule has 4 aliphatic carbocycles. The molecule has 0 saturated heterocycles. The van der Waals surface area contributed by atoms with Crippen LogP contribution in [0.3, 0.4) is 0 Å². The van der Waals surface area contributed by atoms with Gasteiger partial charge in [-0.3, -0.25) is 0 Å². The number of amides is 2. The molecule has 4 saturated carbocycles. The van der Waals surface area contributed by atoms with Gasteiger partial charge in [0.15, 0.2) is 0 Å². The lowest BCUT2D eigenvalue weighted by molar-refractivity contribution is -0.113. The molecule has 2 amide bonds. The molecule has 25 heavy (non-hydrogen) atoms. The van der Waals surface area contributed by atoms with Crippen LogP contribution >= 0.6 is 0 Å². The van der Waals surface area contributed by atoms with Crippen molar-refractivity contribution >= 4 is 11.7 Å². The first kappa shape index (κ1) is 17.3. The second-order valence-corrected chi connectivity index (χ2v) is 9.61. The summed E-state index contributed by atoms with van der Waals surface area (Å²) in [5, 5.41) is 14.5. The predicted octanol–water partition coefficient (Wildman–Crippen LogP) is 3.41. The number of aliphatic hydroxyl groups is 1. The highest BCUT2D eigenvalue weighted by atomic mass is 16.3. The average molecular weight is 348 g/mol. The standard InChI is InChI=1S/C20H33N3O2/c1-19-9-7-13(24)11-12(19)3-4-14-15-5-6-17(22-23-18(21)25)20(15,2)10-8-16(14)19/h12-16,24H,3-11H2,1-2H3,(H3,21,23,25)/b22-17-/t12-,13-,14+,15-,16+,19-,20-/m0/s1. The van der Waals surface area contributed by atoms with Crippen LogP contribution in [0.1, 0.15) is 71.6 Å². The first-order valence-electron chi connectivity index (χ1n) is 10.1. The summed E-state index contributed by atoms with van der Waals surface area (Å²) in [4.78, 5) is 11.1. The van der Waals surface area contributed by atoms with E-state index in [1.54, 1.807) is 0 Å². The topological polar surface area (TPSA) is 87.7 Å². The van der Waals surface area contributed by atoms with Crippen molar-refractivity contribution < 1.29 is 9.90 Å². The average Bonchev–Trinajstić information content (AvgIpc) is 2.90. The zero-order chi connectivity index (χ0) is 17.8. The number of aliphatic hydroxyl groups excluding tert-OH is 1. The number of nitrogens with one attached hydrogen (secondary N) is 1. The molecule has 0 aliphatic heterocycles. The molecule has 4 rings (SSSR count). The first-order chi connectivity index (χ1) is 11.8. The third kappa shape index (κ3) is 2.61. The van der Waals surface area contributed by atoms with Crippen molar-refractivity contribution in [2.75, 3.05) is 0 Å². The van der Waals surface area contributed by atoms with Gasteiger partial charge in [0.2, 0.25) is 0 Å². The molecule has 140 valence electrons. The fraction of sp³-hybridized carbons (Fsp3) is 0.900. The summed E-state index contributed by atoms with van der Waals surface area (Å²) < 4.78 is 0. The minimum atomic E-state index is -0.568. The van der Waals surface area contributed by atoms with Crippen LogP contribution in [-0.4, -0.2) is 23.0 Å². The number of hydrazone groups is 1. The maximum Gasteiger partial charge on any atom is 0.332 e. The van der Waals surface area contributed by atoms with E-state index in [4.69, 9.17) is 5.73 Å². The summed E-state index contributed by atoms with van der Waals surface area (Å²) in [7, 11) is 0. The molecule has 0 bridgehead atoms. The van der Waals surface area contributed by atoms with E-state index >= 15 is 0 Å². The van der Waals surface area contributed by atoms with E-state index < -0.39 is 6.03 Å². The summed E-state index contributed by atoms with van der Waals surface area (Å²) in [5.74, 6) is 2.95. The van der Waals surface area contributed by atoms with E-state index in [0.29, 0.717) is 17.3 Å². The van der Waals surface area contributed by atoms with Crippen molar-refractivity contribution in [2.24, 2.45) is 45.3 Å². The van der Waals surface area contributed by atoms with E-state index in [-0.39, 0.29) is 11.5 Å². The number of primary amides is 1. The van der Waals surface area contributed by atoms with E-state index in [1.165, 1.54) is 38.5 Å². The van der Waals surface area contributed by atoms with Gasteiger partial charge in [-0.2, -0.15) is 5.10 Å². The molecule has 5 nitrogen and oxygen atoms in total. The fourth-order valence-electron chi connectivity index (χ4n) is 7.33. The second-order valence-electron chi connectivity index (χ2n) is 9.61. The number of hydrogen-bond donors (Lipinski definition) is 3. The normalized spacial score (nSPS) is 50.7. The molecule has 0 radical (unpaired) electrons. The van der Waals surface area contributed by atoms with Crippen molar-refractivity contribution in [1.29, 1.82) is 0 Å². The van der Waals surface area contributed by atoms with Gasteiger partial charge in [-0.05, 0) is 86.9 Å². The molecular formula is C20H33N3O2. The number of nitrogens with zero attached hydrogens (tertiary/aromatic N) is 1. The number of hydrogen-bond acceptors (Lipinski definition) is 3. The summed E-state index contributed by atoms with van der Waals surface area (Å²) in [6.07, 6.45) is 10.3. The summed E-state index contributed by atoms with van der Waals surface area (Å²) >= 11 is 0. The van der Waals surface area contributed by atoms with Gasteiger partial charge >= 0.3 is 6.03 Å². The highest BCUT2D eigenvalue weighted by Gasteiger charge is 2.59. The molecule has 0 unspecified atom stereocenters. The van der Waals surface area contributed by atoms with Crippen molar-refractivity contribution in [3.05, 3.63) is 0 Å². The van der Waals surface area contributed by atoms with Gasteiger partial charge < -0.3 is 10.8 Å². The third-order valence-electron chi connectivity index (χ3n) is 8.68. The lowest BCUT2D eigenvalue weighted by Crippen LogP contribution is -2.54. The van der Waals surface area contributed by atoms with Crippen LogP contribution in [0.25, 0.3) is 0 Å². The Morgan fingerprint density at radius 2 is 1.96 bits per heavy atom. The molecule has 0 heterocycles. The molecule has 4 aliphatic rings. The van der Waals surface area contributed by atoms with E-state index in [1.807, 2.05) is 0 Å². The Morgan fingerprint density at radius 3 is 2.72 bits per heavy atom. The number of rotatable bonds is 1. The number of urea groups is 1. The molecule has 0 aromatic heterocycles. The van der Waals surface area contributed by atoms with Crippen molar-refractivity contribution in [2.45, 2.75) is 77.7 Å². The summed E-state index contributed by atoms with van der Waals surface area (Å²) in [5.41, 5.74) is 9.38. The Morgan fingerprint density at radius 1 is 1.16 bits per heavy atom. The van der Waals surface area contributed by atoms with Crippen LogP contribution in [-0.2, 0) is 0 Å². The third-order valence-corrected chi connectivity index (χ3v) is 8.68. The maximum absolute atomic E-state index is 11.1. The van der Waals surface area contributed by atoms with Crippen LogP contribution in [0.2, 0.25) is 0 Å². The van der Waals surface area contributed by atoms with Crippen molar-refractivity contribution in [3.63, 3.8) is 0 Å². The minimum absolute atomic E-state index is 0.0754. The number of carbonyl (C=O) groups excluding carboxylic acids is 1. The van der Waals surface area contributed by atoms with Gasteiger partial charge in [-0.25, -0.2) is 10.2 Å². The summed E-state index contributed by atoms with van der Waals surface area (Å²) in [6, 6.07) is -0.568. The molecule has 5 heteroatoms. The minimum Gasteiger partial charge on any atom is -0.393 e. The summed E-state index contributed by atoms with van der Waals surface area (Å²) in [6.45, 7) is 4.88. The van der Waals surface area contributed by atoms with Gasteiger partial charge in [0.25, 0.3) is 0 Å². The SMILES string of the molecule is C[C@]12CC[C@H](O)C[C@@H]1CC[C@H]1[C@H]2CC[C@]2(C)/C(=N\NC(N)=O)CC[C@@H]12. The fourth-order valence-corrected chi connectivity index (χ4v) is 7.33. The molecule has 0 spiro atoms. The Bertz CT molecular complexity index is 591. The monoisotopic (exact) mass is 347 g/mol. The Kier molecular flexibility index (Phi) is 4.13. The van der Waals surface area contributed by atoms with Gasteiger partial charge in [0, 0.05) is 11.1 Å². The van der Waals surface area contributed by atoms with E-state index in [0.717, 1.165) is 36.8 Å². The Labute approximate surface area is 150 Å². The van der Waals surface area contributed by atoms with Gasteiger partial charge in [0.1, 0.15) is 0 Å². The lowest BCUT2D eigenvalue weighted by Gasteiger charge is -2.60. The Hall–Kier alpha value is -1.10. The number of fused-ring (bicyclic) bond motifs is 5. The van der Waals surface area contributed by atoms with Gasteiger partial charge in [-0.15, -0.1) is 0 Å². The van der Waals surface area contributed by atoms with Crippen LogP contribution in [0.15, 0.2) is 5.10 Å². The Balaban J connectivity index is 1.58. The van der Waals surface area contributed by atoms with Gasteiger partial charge in [-0.1, -0.05) is 13.8 Å². The first-order valence-corrected chi connectivity index (χ1v) is 10.1. The molecule has 7 atom stereocenters. The maximum atomic E-state index is 11.1. The van der Waals surface area contributed by atoms with E-state index in [2.05, 4.69) is 24.4 Å². The lowest BCUT2D eigenvalue weighted by atomic mass is 9.45. The molecule has 4 N–H and O–H groups in total. The quantitative estimate of drug-likeness (QED) is 0.635. The predicted molar refractivity (Wildman–Crippen MR) is 97.9 cm³/mol. The molecule has 4 fully saturated rings. The molecule has 0 aromatic carbocycles. The van der Waals surface area contributed by atoms with Gasteiger partial charge in [0.05, 0.1) is 6.10 Å². The number of carbonyl (C=O) groups is 1. The molecular weight excluding hydrogens is 314 g/mol. The zero-order valence-electron chi connectivity index (χ0n) is 15.6. The largest absolute Gasteiger partial charge is 0.393 e. The highest BCUT2D eigenvalue weighted by molar-refractivity contribution is 5.93. The molecule has 0 aromatic rings. The van der Waals surface area contributed by atoms with Crippen LogP contribution in [0.4, 0.5) is 4.79 Å².